The summed E-state index contributed by atoms with van der Waals surface area (Å²) in [6.45, 7) is -0.362. The van der Waals surface area contributed by atoms with Crippen molar-refractivity contribution in [1.82, 2.24) is 4.90 Å². The van der Waals surface area contributed by atoms with E-state index in [1.165, 1.54) is 25.3 Å². The summed E-state index contributed by atoms with van der Waals surface area (Å²) >= 11 is 0. The number of amides is 1. The molecule has 162 valence electrons. The number of ether oxygens (including phenoxy) is 4. The Morgan fingerprint density at radius 3 is 2.33 bits per heavy atom. The van der Waals surface area contributed by atoms with E-state index in [1.807, 2.05) is 13.0 Å². The van der Waals surface area contributed by atoms with E-state index < -0.39 is 6.61 Å². The van der Waals surface area contributed by atoms with Crippen molar-refractivity contribution in [1.29, 1.82) is 0 Å². The lowest BCUT2D eigenvalue weighted by molar-refractivity contribution is -0.126. The van der Waals surface area contributed by atoms with Crippen molar-refractivity contribution >= 4 is 12.0 Å². The van der Waals surface area contributed by atoms with Crippen LogP contribution < -0.4 is 18.9 Å². The Balaban J connectivity index is 2.20. The number of carbonyl (C=O) groups excluding carboxylic acids is 1. The lowest BCUT2D eigenvalue weighted by atomic mass is 10.1. The number of benzene rings is 2. The van der Waals surface area contributed by atoms with Crippen LogP contribution in [-0.2, 0) is 11.3 Å². The standard InChI is InChI=1S/C22H25F2NO5/c1-5-25(14-15-9-11-17(27-2)19(13-15)29-4)20(26)12-10-16-7-6-8-18(28-3)21(16)30-22(23)24/h6-13,22H,5,14H2,1-4H3/b12-10-. The van der Waals surface area contributed by atoms with Crippen LogP contribution in [0.2, 0.25) is 0 Å². The molecule has 0 fully saturated rings. The van der Waals surface area contributed by atoms with Crippen LogP contribution in [-0.4, -0.2) is 45.3 Å². The van der Waals surface area contributed by atoms with Crippen molar-refractivity contribution in [2.75, 3.05) is 27.9 Å². The van der Waals surface area contributed by atoms with Gasteiger partial charge in [-0.3, -0.25) is 4.79 Å². The lowest BCUT2D eigenvalue weighted by Gasteiger charge is -2.20. The zero-order valence-electron chi connectivity index (χ0n) is 17.4. The van der Waals surface area contributed by atoms with Gasteiger partial charge in [0.15, 0.2) is 23.0 Å². The van der Waals surface area contributed by atoms with E-state index in [4.69, 9.17) is 14.2 Å². The first-order chi connectivity index (χ1) is 14.4. The van der Waals surface area contributed by atoms with Gasteiger partial charge in [-0.2, -0.15) is 8.78 Å². The zero-order valence-corrected chi connectivity index (χ0v) is 17.4. The number of halogens is 2. The third kappa shape index (κ3) is 5.85. The number of likely N-dealkylation sites (N-methyl/N-ethyl adjacent to an activating group) is 1. The van der Waals surface area contributed by atoms with Gasteiger partial charge in [-0.1, -0.05) is 18.2 Å². The predicted octanol–water partition coefficient (Wildman–Crippen LogP) is 4.38. The first-order valence-corrected chi connectivity index (χ1v) is 9.23. The Hall–Kier alpha value is -3.29. The SMILES string of the molecule is CCN(Cc1ccc(OC)c(OC)c1)C(=O)/C=C\c1cccc(OC)c1OC(F)F. The molecule has 0 saturated carbocycles. The molecular weight excluding hydrogens is 396 g/mol. The fourth-order valence-corrected chi connectivity index (χ4v) is 2.85. The van der Waals surface area contributed by atoms with Gasteiger partial charge in [0, 0.05) is 24.7 Å². The maximum absolute atomic E-state index is 12.8. The molecule has 0 radical (unpaired) electrons. The van der Waals surface area contributed by atoms with Crippen molar-refractivity contribution in [3.8, 4) is 23.0 Å². The van der Waals surface area contributed by atoms with E-state index in [1.54, 1.807) is 43.4 Å². The number of hydrogen-bond acceptors (Lipinski definition) is 5. The molecule has 0 saturated heterocycles. The largest absolute Gasteiger partial charge is 0.493 e. The second kappa shape index (κ2) is 11.0. The molecule has 0 unspecified atom stereocenters. The third-order valence-electron chi connectivity index (χ3n) is 4.36. The molecular formula is C22H25F2NO5. The minimum Gasteiger partial charge on any atom is -0.493 e. The first-order valence-electron chi connectivity index (χ1n) is 9.23. The molecule has 0 N–H and O–H groups in total. The molecule has 2 aromatic rings. The van der Waals surface area contributed by atoms with Gasteiger partial charge in [0.25, 0.3) is 0 Å². The molecule has 0 spiro atoms. The maximum Gasteiger partial charge on any atom is 0.387 e. The van der Waals surface area contributed by atoms with Gasteiger partial charge < -0.3 is 23.8 Å². The Morgan fingerprint density at radius 1 is 1.03 bits per heavy atom. The summed E-state index contributed by atoms with van der Waals surface area (Å²) in [7, 11) is 4.45. The van der Waals surface area contributed by atoms with Crippen molar-refractivity contribution in [2.24, 2.45) is 0 Å². The number of nitrogens with zero attached hydrogens (tertiary/aromatic N) is 1. The number of methoxy groups -OCH3 is 3. The highest BCUT2D eigenvalue weighted by Crippen LogP contribution is 2.33. The molecule has 8 heteroatoms. The number of hydrogen-bond donors (Lipinski definition) is 0. The van der Waals surface area contributed by atoms with Crippen molar-refractivity contribution < 1.29 is 32.5 Å². The molecule has 0 aliphatic rings. The van der Waals surface area contributed by atoms with E-state index in [9.17, 15) is 13.6 Å². The molecule has 0 atom stereocenters. The molecule has 0 bridgehead atoms. The van der Waals surface area contributed by atoms with E-state index in [0.29, 0.717) is 30.2 Å². The van der Waals surface area contributed by atoms with Crippen molar-refractivity contribution in [3.63, 3.8) is 0 Å². The Labute approximate surface area is 174 Å². The van der Waals surface area contributed by atoms with Gasteiger partial charge in [0.2, 0.25) is 5.91 Å². The topological polar surface area (TPSA) is 57.2 Å². The Kier molecular flexibility index (Phi) is 8.46. The van der Waals surface area contributed by atoms with Gasteiger partial charge in [0.05, 0.1) is 21.3 Å². The van der Waals surface area contributed by atoms with Crippen LogP contribution in [0, 0.1) is 0 Å². The van der Waals surface area contributed by atoms with Crippen molar-refractivity contribution in [3.05, 3.63) is 53.6 Å². The number of carbonyl (C=O) groups is 1. The summed E-state index contributed by atoms with van der Waals surface area (Å²) in [6.07, 6.45) is 2.75. The van der Waals surface area contributed by atoms with Gasteiger partial charge in [-0.25, -0.2) is 0 Å². The fourth-order valence-electron chi connectivity index (χ4n) is 2.85. The van der Waals surface area contributed by atoms with Crippen LogP contribution in [0.1, 0.15) is 18.1 Å². The van der Waals surface area contributed by atoms with E-state index in [0.717, 1.165) is 5.56 Å². The first kappa shape index (κ1) is 23.0. The summed E-state index contributed by atoms with van der Waals surface area (Å²) in [6, 6.07) is 10.1. The quantitative estimate of drug-likeness (QED) is 0.533. The van der Waals surface area contributed by atoms with E-state index in [2.05, 4.69) is 4.74 Å². The van der Waals surface area contributed by atoms with Crippen LogP contribution >= 0.6 is 0 Å². The van der Waals surface area contributed by atoms with Crippen LogP contribution in [0.15, 0.2) is 42.5 Å². The summed E-state index contributed by atoms with van der Waals surface area (Å²) < 4.78 is 45.7. The normalized spacial score (nSPS) is 10.9. The predicted molar refractivity (Wildman–Crippen MR) is 109 cm³/mol. The molecule has 2 aromatic carbocycles. The highest BCUT2D eigenvalue weighted by molar-refractivity contribution is 5.92. The summed E-state index contributed by atoms with van der Waals surface area (Å²) in [5.74, 6) is 0.919. The summed E-state index contributed by atoms with van der Waals surface area (Å²) in [5.41, 5.74) is 1.17. The van der Waals surface area contributed by atoms with Crippen LogP contribution in [0.3, 0.4) is 0 Å². The van der Waals surface area contributed by atoms with Crippen LogP contribution in [0.25, 0.3) is 6.08 Å². The highest BCUT2D eigenvalue weighted by Gasteiger charge is 2.15. The Bertz CT molecular complexity index is 886. The number of alkyl halides is 2. The lowest BCUT2D eigenvalue weighted by Crippen LogP contribution is -2.28. The average Bonchev–Trinajstić information content (AvgIpc) is 2.75. The van der Waals surface area contributed by atoms with Gasteiger partial charge in [-0.05, 0) is 36.8 Å². The molecule has 2 rings (SSSR count). The molecule has 0 heterocycles. The van der Waals surface area contributed by atoms with Crippen LogP contribution in [0.5, 0.6) is 23.0 Å². The van der Waals surface area contributed by atoms with Gasteiger partial charge >= 0.3 is 6.61 Å². The molecule has 30 heavy (non-hydrogen) atoms. The second-order valence-corrected chi connectivity index (χ2v) is 6.13. The summed E-state index contributed by atoms with van der Waals surface area (Å²) in [5, 5.41) is 0. The molecule has 0 aliphatic carbocycles. The average molecular weight is 421 g/mol. The molecule has 0 aliphatic heterocycles. The minimum absolute atomic E-state index is 0.123. The van der Waals surface area contributed by atoms with Crippen molar-refractivity contribution in [2.45, 2.75) is 20.1 Å². The molecule has 1 amide bonds. The zero-order chi connectivity index (χ0) is 22.1. The monoisotopic (exact) mass is 421 g/mol. The Morgan fingerprint density at radius 2 is 1.73 bits per heavy atom. The second-order valence-electron chi connectivity index (χ2n) is 6.13. The molecule has 0 aromatic heterocycles. The van der Waals surface area contributed by atoms with E-state index >= 15 is 0 Å². The number of para-hydroxylation sites is 1. The number of rotatable bonds is 10. The third-order valence-corrected chi connectivity index (χ3v) is 4.36. The fraction of sp³-hybridized carbons (Fsp3) is 0.318. The van der Waals surface area contributed by atoms with Crippen LogP contribution in [0.4, 0.5) is 8.78 Å². The highest BCUT2D eigenvalue weighted by atomic mass is 19.3. The van der Waals surface area contributed by atoms with E-state index in [-0.39, 0.29) is 17.4 Å². The minimum atomic E-state index is -3.01. The summed E-state index contributed by atoms with van der Waals surface area (Å²) in [4.78, 5) is 14.3. The van der Waals surface area contributed by atoms with Gasteiger partial charge in [-0.15, -0.1) is 0 Å². The van der Waals surface area contributed by atoms with Gasteiger partial charge in [0.1, 0.15) is 0 Å². The smallest absolute Gasteiger partial charge is 0.387 e. The molecule has 6 nitrogen and oxygen atoms in total. The maximum atomic E-state index is 12.8.